The second-order valence-corrected chi connectivity index (χ2v) is 20.7. The van der Waals surface area contributed by atoms with Crippen molar-refractivity contribution in [3.8, 4) is 0 Å². The average Bonchev–Trinajstić information content (AvgIpc) is 3.57. The molecule has 1 aromatic carbocycles. The predicted octanol–water partition coefficient (Wildman–Crippen LogP) is 4.13. The van der Waals surface area contributed by atoms with E-state index in [0.717, 1.165) is 43.5 Å². The van der Waals surface area contributed by atoms with E-state index in [1.807, 2.05) is 30.3 Å². The van der Waals surface area contributed by atoms with Gasteiger partial charge in [0.15, 0.2) is 0 Å². The van der Waals surface area contributed by atoms with Crippen molar-refractivity contribution < 1.29 is 30.7 Å². The van der Waals surface area contributed by atoms with Gasteiger partial charge in [-0.3, -0.25) is 0 Å². The maximum absolute atomic E-state index is 12.0. The number of hydrogen-bond acceptors (Lipinski definition) is 7. The summed E-state index contributed by atoms with van der Waals surface area (Å²) in [5.41, 5.74) is 0.969. The molecule has 7 nitrogen and oxygen atoms in total. The van der Waals surface area contributed by atoms with Crippen molar-refractivity contribution >= 4 is 47.7 Å². The number of rotatable bonds is 11. The molecule has 0 spiro atoms. The Bertz CT molecular complexity index is 761. The Morgan fingerprint density at radius 1 is 1.00 bits per heavy atom. The predicted molar refractivity (Wildman–Crippen MR) is 138 cm³/mol. The number of esters is 1. The molecule has 3 atom stereocenters. The third-order valence-corrected chi connectivity index (χ3v) is 21.5. The Hall–Kier alpha value is -0.902. The first-order chi connectivity index (χ1) is 15.8. The molecule has 0 aromatic heterocycles. The van der Waals surface area contributed by atoms with Crippen molar-refractivity contribution in [2.24, 2.45) is 0 Å². The SMILES string of the molecule is C[SiH]1O[Si](C)(CCCCC2CO2)O[SiH](C)O[Si](C)(CCCOC(=O)/C=C/c2ccccc2)O1. The zero-order chi connectivity index (χ0) is 23.7. The van der Waals surface area contributed by atoms with Crippen LogP contribution < -0.4 is 0 Å². The van der Waals surface area contributed by atoms with Gasteiger partial charge < -0.3 is 25.9 Å². The second-order valence-electron chi connectivity index (χ2n) is 9.09. The monoisotopic (exact) mass is 526 g/mol. The molecule has 2 heterocycles. The third kappa shape index (κ3) is 10.1. The van der Waals surface area contributed by atoms with Gasteiger partial charge in [0, 0.05) is 6.08 Å². The zero-order valence-corrected chi connectivity index (χ0v) is 24.6. The molecular weight excluding hydrogens is 489 g/mol. The summed E-state index contributed by atoms with van der Waals surface area (Å²) in [6.45, 7) is 9.67. The molecule has 0 saturated carbocycles. The Kier molecular flexibility index (Phi) is 10.3. The molecule has 11 heteroatoms. The Labute approximate surface area is 203 Å². The van der Waals surface area contributed by atoms with Crippen molar-refractivity contribution in [2.45, 2.75) is 70.1 Å². The van der Waals surface area contributed by atoms with E-state index >= 15 is 0 Å². The Morgan fingerprint density at radius 3 is 2.15 bits per heavy atom. The highest BCUT2D eigenvalue weighted by atomic mass is 28.5. The fourth-order valence-electron chi connectivity index (χ4n) is 4.14. The number of ether oxygens (including phenoxy) is 2. The average molecular weight is 527 g/mol. The van der Waals surface area contributed by atoms with Crippen molar-refractivity contribution in [3.63, 3.8) is 0 Å². The normalized spacial score (nSPS) is 32.3. The minimum Gasteiger partial charge on any atom is -0.463 e. The first-order valence-corrected chi connectivity index (χ1v) is 21.2. The van der Waals surface area contributed by atoms with Crippen LogP contribution in [0.15, 0.2) is 36.4 Å². The molecule has 0 radical (unpaired) electrons. The molecule has 2 saturated heterocycles. The van der Waals surface area contributed by atoms with Gasteiger partial charge in [0.2, 0.25) is 0 Å². The highest BCUT2D eigenvalue weighted by Crippen LogP contribution is 2.28. The highest BCUT2D eigenvalue weighted by Gasteiger charge is 2.44. The minimum atomic E-state index is -2.43. The van der Waals surface area contributed by atoms with Crippen LogP contribution in [0, 0.1) is 0 Å². The number of carbonyl (C=O) groups excluding carboxylic acids is 1. The van der Waals surface area contributed by atoms with E-state index in [9.17, 15) is 4.79 Å². The van der Waals surface area contributed by atoms with E-state index in [-0.39, 0.29) is 5.97 Å². The number of benzene rings is 1. The van der Waals surface area contributed by atoms with Crippen molar-refractivity contribution in [2.75, 3.05) is 13.2 Å². The van der Waals surface area contributed by atoms with Crippen LogP contribution in [0.25, 0.3) is 6.08 Å². The maximum Gasteiger partial charge on any atom is 0.330 e. The zero-order valence-electron chi connectivity index (χ0n) is 20.3. The van der Waals surface area contributed by atoms with Crippen LogP contribution in [0.4, 0.5) is 0 Å². The van der Waals surface area contributed by atoms with Crippen molar-refractivity contribution in [3.05, 3.63) is 42.0 Å². The molecule has 3 unspecified atom stereocenters. The molecule has 0 bridgehead atoms. The molecule has 0 amide bonds. The maximum atomic E-state index is 12.0. The first-order valence-electron chi connectivity index (χ1n) is 12.0. The fourth-order valence-corrected chi connectivity index (χ4v) is 21.6. The minimum absolute atomic E-state index is 0.336. The van der Waals surface area contributed by atoms with Gasteiger partial charge in [-0.15, -0.1) is 0 Å². The first kappa shape index (κ1) is 26.7. The van der Waals surface area contributed by atoms with E-state index in [1.54, 1.807) is 6.08 Å². The third-order valence-electron chi connectivity index (χ3n) is 5.70. The number of carbonyl (C=O) groups is 1. The Morgan fingerprint density at radius 2 is 1.58 bits per heavy atom. The van der Waals surface area contributed by atoms with Gasteiger partial charge >= 0.3 is 41.7 Å². The molecule has 0 N–H and O–H groups in total. The highest BCUT2D eigenvalue weighted by molar-refractivity contribution is 6.85. The molecular formula is C22H38O7Si4. The fraction of sp³-hybridized carbons (Fsp3) is 0.591. The van der Waals surface area contributed by atoms with Gasteiger partial charge in [0.1, 0.15) is 0 Å². The van der Waals surface area contributed by atoms with Gasteiger partial charge in [-0.2, -0.15) is 0 Å². The van der Waals surface area contributed by atoms with Crippen molar-refractivity contribution in [1.82, 2.24) is 0 Å². The van der Waals surface area contributed by atoms with Crippen LogP contribution >= 0.6 is 0 Å². The van der Waals surface area contributed by atoms with Crippen LogP contribution in [0.5, 0.6) is 0 Å². The van der Waals surface area contributed by atoms with Crippen molar-refractivity contribution in [1.29, 1.82) is 0 Å². The molecule has 33 heavy (non-hydrogen) atoms. The summed E-state index contributed by atoms with van der Waals surface area (Å²) in [7, 11) is -8.44. The van der Waals surface area contributed by atoms with Crippen LogP contribution in [0.3, 0.4) is 0 Å². The molecule has 184 valence electrons. The quantitative estimate of drug-likeness (QED) is 0.141. The van der Waals surface area contributed by atoms with Gasteiger partial charge in [0.05, 0.1) is 19.3 Å². The van der Waals surface area contributed by atoms with Crippen LogP contribution in [0.2, 0.25) is 38.3 Å². The lowest BCUT2D eigenvalue weighted by molar-refractivity contribution is -0.137. The summed E-state index contributed by atoms with van der Waals surface area (Å²) >= 11 is 0. The van der Waals surface area contributed by atoms with E-state index in [0.29, 0.717) is 19.1 Å². The molecule has 0 aliphatic carbocycles. The summed E-state index contributed by atoms with van der Waals surface area (Å²) in [6.07, 6.45) is 7.80. The molecule has 1 aromatic rings. The molecule has 2 aliphatic heterocycles. The molecule has 2 aliphatic rings. The van der Waals surface area contributed by atoms with Crippen LogP contribution in [-0.2, 0) is 30.7 Å². The number of epoxide rings is 1. The topological polar surface area (TPSA) is 75.8 Å². The number of hydrogen-bond donors (Lipinski definition) is 0. The summed E-state index contributed by atoms with van der Waals surface area (Å²) in [5.74, 6) is -0.336. The van der Waals surface area contributed by atoms with Crippen LogP contribution in [-0.4, -0.2) is 61.0 Å². The lowest BCUT2D eigenvalue weighted by Gasteiger charge is -2.41. The van der Waals surface area contributed by atoms with Gasteiger partial charge in [0.25, 0.3) is 0 Å². The van der Waals surface area contributed by atoms with Gasteiger partial charge in [-0.1, -0.05) is 43.2 Å². The summed E-state index contributed by atoms with van der Waals surface area (Å²) in [4.78, 5) is 12.0. The van der Waals surface area contributed by atoms with Gasteiger partial charge in [-0.25, -0.2) is 4.79 Å². The van der Waals surface area contributed by atoms with E-state index in [4.69, 9.17) is 25.9 Å². The Balaban J connectivity index is 1.40. The van der Waals surface area contributed by atoms with E-state index in [1.165, 1.54) is 6.08 Å². The summed E-state index contributed by atoms with van der Waals surface area (Å²) in [5, 5.41) is 0. The smallest absolute Gasteiger partial charge is 0.330 e. The number of unbranched alkanes of at least 4 members (excludes halogenated alkanes) is 1. The second kappa shape index (κ2) is 12.7. The van der Waals surface area contributed by atoms with E-state index in [2.05, 4.69) is 26.2 Å². The lowest BCUT2D eigenvalue weighted by atomic mass is 10.2. The van der Waals surface area contributed by atoms with E-state index < -0.39 is 35.7 Å². The largest absolute Gasteiger partial charge is 0.463 e. The summed E-state index contributed by atoms with van der Waals surface area (Å²) in [6, 6.07) is 11.4. The standard InChI is InChI=1S/C22H38O7Si4/c1-30-26-32(3,17-9-8-13-21-19-25-21)27-31(2)29-33(4,28-30)18-10-16-24-22(23)15-14-20-11-6-5-7-12-20/h5-7,11-12,14-15,21,30-31H,8-10,13,16-19H2,1-4H3/b15-14+. The summed E-state index contributed by atoms with van der Waals surface area (Å²) < 4.78 is 36.5. The molecule has 3 rings (SSSR count). The lowest BCUT2D eigenvalue weighted by Crippen LogP contribution is -2.57. The van der Waals surface area contributed by atoms with Gasteiger partial charge in [-0.05, 0) is 62.8 Å². The van der Waals surface area contributed by atoms with Crippen LogP contribution in [0.1, 0.15) is 31.2 Å². The molecule has 2 fully saturated rings.